The Kier molecular flexibility index (Phi) is 5.14. The molecule has 2 aliphatic rings. The van der Waals surface area contributed by atoms with Crippen LogP contribution in [0.25, 0.3) is 0 Å². The molecule has 2 aromatic carbocycles. The van der Waals surface area contributed by atoms with Gasteiger partial charge >= 0.3 is 0 Å². The lowest BCUT2D eigenvalue weighted by Crippen LogP contribution is -2.53. The number of ether oxygens (including phenoxy) is 1. The smallest absolute Gasteiger partial charge is 0.258 e. The Morgan fingerprint density at radius 3 is 2.59 bits per heavy atom. The Bertz CT molecular complexity index is 809. The molecule has 2 aromatic rings. The average molecular weight is 384 g/mol. The van der Waals surface area contributed by atoms with Gasteiger partial charge in [0.15, 0.2) is 0 Å². The summed E-state index contributed by atoms with van der Waals surface area (Å²) in [6.45, 7) is 0.677. The lowest BCUT2D eigenvalue weighted by Gasteiger charge is -2.52. The first kappa shape index (κ1) is 18.4. The fourth-order valence-electron chi connectivity index (χ4n) is 4.91. The third kappa shape index (κ3) is 3.34. The second-order valence-electron chi connectivity index (χ2n) is 7.69. The van der Waals surface area contributed by atoms with Crippen molar-refractivity contribution in [3.63, 3.8) is 0 Å². The summed E-state index contributed by atoms with van der Waals surface area (Å²) in [5.74, 6) is 0.939. The van der Waals surface area contributed by atoms with E-state index in [9.17, 15) is 4.79 Å². The van der Waals surface area contributed by atoms with Crippen LogP contribution in [0.15, 0.2) is 54.6 Å². The number of rotatable bonds is 3. The van der Waals surface area contributed by atoms with Crippen LogP contribution in [0, 0.1) is 5.92 Å². The molecule has 142 valence electrons. The lowest BCUT2D eigenvalue weighted by atomic mass is 9.68. The Morgan fingerprint density at radius 1 is 1.07 bits per heavy atom. The number of amides is 1. The van der Waals surface area contributed by atoms with Crippen LogP contribution >= 0.6 is 11.6 Å². The van der Waals surface area contributed by atoms with Gasteiger partial charge in [-0.05, 0) is 37.0 Å². The highest BCUT2D eigenvalue weighted by molar-refractivity contribution is 6.24. The van der Waals surface area contributed by atoms with Crippen molar-refractivity contribution in [2.45, 2.75) is 43.0 Å². The van der Waals surface area contributed by atoms with Gasteiger partial charge in [-0.2, -0.15) is 0 Å². The van der Waals surface area contributed by atoms with Crippen molar-refractivity contribution < 1.29 is 9.53 Å². The molecule has 3 unspecified atom stereocenters. The van der Waals surface area contributed by atoms with Crippen LogP contribution in [0.4, 0.5) is 0 Å². The molecule has 1 aliphatic carbocycles. The molecule has 27 heavy (non-hydrogen) atoms. The first-order chi connectivity index (χ1) is 13.1. The molecular formula is C23H26ClNO2. The molecule has 2 fully saturated rings. The van der Waals surface area contributed by atoms with Gasteiger partial charge in [-0.1, -0.05) is 55.3 Å². The fraction of sp³-hybridized carbons (Fsp3) is 0.435. The zero-order valence-corrected chi connectivity index (χ0v) is 16.5. The molecule has 0 N–H and O–H groups in total. The number of alkyl halides is 1. The molecule has 0 aromatic heterocycles. The minimum atomic E-state index is -0.198. The Labute approximate surface area is 166 Å². The second kappa shape index (κ2) is 7.55. The van der Waals surface area contributed by atoms with Crippen molar-refractivity contribution in [1.82, 2.24) is 4.90 Å². The summed E-state index contributed by atoms with van der Waals surface area (Å²) in [5, 5.41) is 0. The summed E-state index contributed by atoms with van der Waals surface area (Å²) in [6.07, 6.45) is 5.32. The molecule has 1 heterocycles. The largest absolute Gasteiger partial charge is 0.496 e. The summed E-state index contributed by atoms with van der Waals surface area (Å²) in [7, 11) is 1.61. The quantitative estimate of drug-likeness (QED) is 0.659. The van der Waals surface area contributed by atoms with Gasteiger partial charge < -0.3 is 9.64 Å². The zero-order valence-electron chi connectivity index (χ0n) is 15.7. The number of fused-ring (bicyclic) bond motifs is 1. The highest BCUT2D eigenvalue weighted by Gasteiger charge is 2.50. The molecule has 3 atom stereocenters. The molecule has 1 amide bonds. The summed E-state index contributed by atoms with van der Waals surface area (Å²) in [5.41, 5.74) is 1.80. The Balaban J connectivity index is 1.75. The molecule has 3 nitrogen and oxygen atoms in total. The van der Waals surface area contributed by atoms with Gasteiger partial charge in [0, 0.05) is 12.5 Å². The van der Waals surface area contributed by atoms with E-state index in [1.165, 1.54) is 18.4 Å². The van der Waals surface area contributed by atoms with Crippen LogP contribution in [0.5, 0.6) is 5.75 Å². The molecule has 4 heteroatoms. The van der Waals surface area contributed by atoms with Crippen molar-refractivity contribution in [3.8, 4) is 5.75 Å². The van der Waals surface area contributed by atoms with Gasteiger partial charge in [-0.3, -0.25) is 4.79 Å². The summed E-state index contributed by atoms with van der Waals surface area (Å²) in [4.78, 5) is 15.4. The van der Waals surface area contributed by atoms with Gasteiger partial charge in [0.1, 0.15) is 5.75 Å². The molecule has 4 rings (SSSR count). The predicted molar refractivity (Wildman–Crippen MR) is 108 cm³/mol. The van der Waals surface area contributed by atoms with E-state index < -0.39 is 0 Å². The zero-order chi connectivity index (χ0) is 18.9. The number of carbonyl (C=O) groups is 1. The number of halogens is 1. The van der Waals surface area contributed by atoms with Crippen molar-refractivity contribution >= 4 is 17.5 Å². The van der Waals surface area contributed by atoms with E-state index in [0.29, 0.717) is 17.9 Å². The minimum absolute atomic E-state index is 0.00941. The number of likely N-dealkylation sites (tertiary alicyclic amines) is 1. The third-order valence-electron chi connectivity index (χ3n) is 6.25. The van der Waals surface area contributed by atoms with E-state index in [-0.39, 0.29) is 22.7 Å². The predicted octanol–water partition coefficient (Wildman–Crippen LogP) is 5.45. The molecule has 0 radical (unpaired) electrons. The number of piperidine rings is 1. The van der Waals surface area contributed by atoms with E-state index in [2.05, 4.69) is 24.3 Å². The Morgan fingerprint density at radius 2 is 1.81 bits per heavy atom. The number of carbonyl (C=O) groups excluding carboxylic acids is 1. The molecule has 0 bridgehead atoms. The number of para-hydroxylation sites is 1. The normalized spacial score (nSPS) is 27.7. The molecule has 0 spiro atoms. The van der Waals surface area contributed by atoms with Crippen LogP contribution < -0.4 is 4.74 Å². The van der Waals surface area contributed by atoms with Gasteiger partial charge in [0.2, 0.25) is 0 Å². The maximum absolute atomic E-state index is 13.5. The lowest BCUT2D eigenvalue weighted by molar-refractivity contribution is 0.0277. The van der Waals surface area contributed by atoms with Crippen molar-refractivity contribution in [2.24, 2.45) is 5.92 Å². The number of nitrogens with zero attached hydrogens (tertiary/aromatic N) is 1. The van der Waals surface area contributed by atoms with E-state index in [1.54, 1.807) is 7.11 Å². The molecule has 1 saturated carbocycles. The standard InChI is InChI=1S/C23H26ClNO2/c1-27-20-13-6-5-11-18(20)22(26)25-16-15-23(24)14-8-7-12-19(23)21(25)17-9-3-2-4-10-17/h2-6,9-11,13,19,21H,7-8,12,14-16H2,1H3. The summed E-state index contributed by atoms with van der Waals surface area (Å²) < 4.78 is 5.45. The van der Waals surface area contributed by atoms with Gasteiger partial charge in [-0.15, -0.1) is 11.6 Å². The fourth-order valence-corrected chi connectivity index (χ4v) is 5.35. The van der Waals surface area contributed by atoms with Crippen LogP contribution in [0.2, 0.25) is 0 Å². The number of methoxy groups -OCH3 is 1. The molecule has 1 aliphatic heterocycles. The number of benzene rings is 2. The van der Waals surface area contributed by atoms with Crippen molar-refractivity contribution in [3.05, 3.63) is 65.7 Å². The SMILES string of the molecule is COc1ccccc1C(=O)N1CCC2(Cl)CCCCC2C1c1ccccc1. The molecule has 1 saturated heterocycles. The first-order valence-electron chi connectivity index (χ1n) is 9.82. The third-order valence-corrected chi connectivity index (χ3v) is 6.90. The highest BCUT2D eigenvalue weighted by Crippen LogP contribution is 2.53. The van der Waals surface area contributed by atoms with Crippen molar-refractivity contribution in [1.29, 1.82) is 0 Å². The first-order valence-corrected chi connectivity index (χ1v) is 10.2. The van der Waals surface area contributed by atoms with Crippen molar-refractivity contribution in [2.75, 3.05) is 13.7 Å². The van der Waals surface area contributed by atoms with E-state index in [4.69, 9.17) is 16.3 Å². The van der Waals surface area contributed by atoms with E-state index in [0.717, 1.165) is 19.3 Å². The maximum atomic E-state index is 13.5. The van der Waals surface area contributed by atoms with Crippen LogP contribution in [0.3, 0.4) is 0 Å². The maximum Gasteiger partial charge on any atom is 0.258 e. The topological polar surface area (TPSA) is 29.5 Å². The van der Waals surface area contributed by atoms with Gasteiger partial charge in [-0.25, -0.2) is 0 Å². The van der Waals surface area contributed by atoms with Gasteiger partial charge in [0.25, 0.3) is 5.91 Å². The molecular weight excluding hydrogens is 358 g/mol. The van der Waals surface area contributed by atoms with Crippen LogP contribution in [0.1, 0.15) is 54.1 Å². The van der Waals surface area contributed by atoms with Crippen LogP contribution in [-0.2, 0) is 0 Å². The highest BCUT2D eigenvalue weighted by atomic mass is 35.5. The summed E-state index contributed by atoms with van der Waals surface area (Å²) >= 11 is 7.13. The van der Waals surface area contributed by atoms with Gasteiger partial charge in [0.05, 0.1) is 23.6 Å². The second-order valence-corrected chi connectivity index (χ2v) is 8.44. The van der Waals surface area contributed by atoms with E-state index in [1.807, 2.05) is 35.2 Å². The van der Waals surface area contributed by atoms with Crippen LogP contribution in [-0.4, -0.2) is 29.3 Å². The average Bonchev–Trinajstić information content (AvgIpc) is 2.72. The monoisotopic (exact) mass is 383 g/mol. The van der Waals surface area contributed by atoms with E-state index >= 15 is 0 Å². The minimum Gasteiger partial charge on any atom is -0.496 e. The number of hydrogen-bond donors (Lipinski definition) is 0. The number of hydrogen-bond acceptors (Lipinski definition) is 2. The summed E-state index contributed by atoms with van der Waals surface area (Å²) in [6, 6.07) is 17.9. The Hall–Kier alpha value is -2.00.